The first kappa shape index (κ1) is 23.2. The van der Waals surface area contributed by atoms with Gasteiger partial charge in [0.25, 0.3) is 5.91 Å². The molecular formula is C21H19ClF4N4O3. The second-order valence-electron chi connectivity index (χ2n) is 7.98. The number of fused-ring (bicyclic) bond motifs is 1. The Morgan fingerprint density at radius 3 is 2.64 bits per heavy atom. The summed E-state index contributed by atoms with van der Waals surface area (Å²) in [6.45, 7) is 2.30. The fraction of sp³-hybridized carbons (Fsp3) is 0.381. The molecule has 1 aliphatic rings. The SMILES string of the molecule is COc1c([C@H]2[C@H](c3nc4c(C(N)=O)nccc4[nH]3)O[C@@](C)(C(F)(F)F)[C@H]2C)ccc(Cl)c1F. The minimum absolute atomic E-state index is 0.00253. The molecular weight excluding hydrogens is 468 g/mol. The number of imidazole rings is 1. The fourth-order valence-electron chi connectivity index (χ4n) is 4.32. The lowest BCUT2D eigenvalue weighted by Gasteiger charge is -2.32. The lowest BCUT2D eigenvalue weighted by atomic mass is 9.77. The van der Waals surface area contributed by atoms with Crippen LogP contribution in [0.2, 0.25) is 5.02 Å². The zero-order valence-corrected chi connectivity index (χ0v) is 18.4. The first-order valence-electron chi connectivity index (χ1n) is 9.81. The molecule has 1 fully saturated rings. The smallest absolute Gasteiger partial charge is 0.417 e. The summed E-state index contributed by atoms with van der Waals surface area (Å²) in [5.74, 6) is -4.24. The maximum Gasteiger partial charge on any atom is 0.417 e. The molecule has 0 aliphatic carbocycles. The Bertz CT molecular complexity index is 1250. The maximum atomic E-state index is 14.7. The number of primary amides is 1. The topological polar surface area (TPSA) is 103 Å². The Hall–Kier alpha value is -2.92. The Kier molecular flexibility index (Phi) is 5.52. The van der Waals surface area contributed by atoms with Crippen molar-refractivity contribution in [2.75, 3.05) is 7.11 Å². The number of aromatic amines is 1. The summed E-state index contributed by atoms with van der Waals surface area (Å²) in [7, 11) is 1.20. The normalized spacial score (nSPS) is 25.5. The van der Waals surface area contributed by atoms with Gasteiger partial charge in [0, 0.05) is 23.6 Å². The van der Waals surface area contributed by atoms with Gasteiger partial charge in [0.05, 0.1) is 17.6 Å². The Labute approximate surface area is 190 Å². The zero-order chi connectivity index (χ0) is 24.3. The Morgan fingerprint density at radius 2 is 2.03 bits per heavy atom. The molecule has 4 rings (SSSR count). The van der Waals surface area contributed by atoms with Gasteiger partial charge in [-0.1, -0.05) is 24.6 Å². The fourth-order valence-corrected chi connectivity index (χ4v) is 4.47. The number of alkyl halides is 3. The molecule has 0 bridgehead atoms. The van der Waals surface area contributed by atoms with Crippen molar-refractivity contribution < 1.29 is 31.8 Å². The molecule has 2 aromatic heterocycles. The number of nitrogens with two attached hydrogens (primary N) is 1. The van der Waals surface area contributed by atoms with Crippen LogP contribution in [0, 0.1) is 11.7 Å². The van der Waals surface area contributed by atoms with E-state index in [2.05, 4.69) is 15.0 Å². The molecule has 1 aliphatic heterocycles. The summed E-state index contributed by atoms with van der Waals surface area (Å²) in [6, 6.07) is 4.15. The molecule has 4 atom stereocenters. The van der Waals surface area contributed by atoms with Gasteiger partial charge in [-0.2, -0.15) is 13.2 Å². The van der Waals surface area contributed by atoms with Crippen molar-refractivity contribution >= 4 is 28.5 Å². The molecule has 0 radical (unpaired) electrons. The van der Waals surface area contributed by atoms with Crippen molar-refractivity contribution in [1.29, 1.82) is 0 Å². The largest absolute Gasteiger partial charge is 0.493 e. The highest BCUT2D eigenvalue weighted by Gasteiger charge is 2.65. The molecule has 3 heterocycles. The number of carbonyl (C=O) groups is 1. The molecule has 7 nitrogen and oxygen atoms in total. The van der Waals surface area contributed by atoms with Crippen molar-refractivity contribution in [1.82, 2.24) is 15.0 Å². The first-order valence-corrected chi connectivity index (χ1v) is 10.2. The lowest BCUT2D eigenvalue weighted by Crippen LogP contribution is -2.46. The average molecular weight is 487 g/mol. The highest BCUT2D eigenvalue weighted by atomic mass is 35.5. The maximum absolute atomic E-state index is 14.7. The van der Waals surface area contributed by atoms with E-state index < -0.39 is 41.4 Å². The summed E-state index contributed by atoms with van der Waals surface area (Å²) in [4.78, 5) is 22.8. The number of pyridine rings is 1. The number of carbonyl (C=O) groups excluding carboxylic acids is 1. The van der Waals surface area contributed by atoms with Crippen LogP contribution in [0.1, 0.15) is 47.7 Å². The number of amides is 1. The van der Waals surface area contributed by atoms with Gasteiger partial charge >= 0.3 is 6.18 Å². The number of nitrogens with one attached hydrogen (secondary N) is 1. The second kappa shape index (κ2) is 7.84. The quantitative estimate of drug-likeness (QED) is 0.522. The minimum atomic E-state index is -4.75. The molecule has 1 saturated heterocycles. The van der Waals surface area contributed by atoms with E-state index in [-0.39, 0.29) is 33.4 Å². The van der Waals surface area contributed by atoms with E-state index in [0.717, 1.165) is 6.92 Å². The van der Waals surface area contributed by atoms with Crippen LogP contribution in [0.3, 0.4) is 0 Å². The van der Waals surface area contributed by atoms with Crippen LogP contribution in [0.4, 0.5) is 17.6 Å². The molecule has 1 aromatic carbocycles. The van der Waals surface area contributed by atoms with Crippen molar-refractivity contribution in [2.45, 2.75) is 37.6 Å². The van der Waals surface area contributed by atoms with Crippen LogP contribution in [-0.2, 0) is 4.74 Å². The summed E-state index contributed by atoms with van der Waals surface area (Å²) in [5, 5.41) is -0.238. The summed E-state index contributed by atoms with van der Waals surface area (Å²) in [6.07, 6.45) is -4.73. The number of halogens is 5. The van der Waals surface area contributed by atoms with Gasteiger partial charge < -0.3 is 20.2 Å². The van der Waals surface area contributed by atoms with E-state index in [1.165, 1.54) is 38.4 Å². The van der Waals surface area contributed by atoms with Crippen LogP contribution in [0.15, 0.2) is 24.4 Å². The highest BCUT2D eigenvalue weighted by molar-refractivity contribution is 6.30. The number of benzene rings is 1. The van der Waals surface area contributed by atoms with Gasteiger partial charge in [-0.3, -0.25) is 4.79 Å². The van der Waals surface area contributed by atoms with Gasteiger partial charge in [0.15, 0.2) is 22.9 Å². The second-order valence-corrected chi connectivity index (χ2v) is 8.39. The summed E-state index contributed by atoms with van der Waals surface area (Å²) in [5.41, 5.74) is 3.17. The molecule has 176 valence electrons. The molecule has 33 heavy (non-hydrogen) atoms. The van der Waals surface area contributed by atoms with E-state index in [1.807, 2.05) is 0 Å². The molecule has 1 amide bonds. The molecule has 12 heteroatoms. The summed E-state index contributed by atoms with van der Waals surface area (Å²) >= 11 is 5.85. The number of hydrogen-bond acceptors (Lipinski definition) is 5. The molecule has 0 unspecified atom stereocenters. The molecule has 3 N–H and O–H groups in total. The number of aromatic nitrogens is 3. The van der Waals surface area contributed by atoms with Crippen molar-refractivity contribution in [3.05, 3.63) is 52.3 Å². The highest BCUT2D eigenvalue weighted by Crippen LogP contribution is 2.59. The van der Waals surface area contributed by atoms with Crippen LogP contribution in [0.5, 0.6) is 5.75 Å². The van der Waals surface area contributed by atoms with Gasteiger partial charge in [0.2, 0.25) is 0 Å². The van der Waals surface area contributed by atoms with Gasteiger partial charge in [0.1, 0.15) is 17.4 Å². The Balaban J connectivity index is 1.94. The first-order chi connectivity index (χ1) is 15.4. The van der Waals surface area contributed by atoms with Crippen LogP contribution in [0.25, 0.3) is 11.0 Å². The third kappa shape index (κ3) is 3.50. The number of nitrogens with zero attached hydrogens (tertiary/aromatic N) is 2. The lowest BCUT2D eigenvalue weighted by molar-refractivity contribution is -0.275. The van der Waals surface area contributed by atoms with Crippen LogP contribution >= 0.6 is 11.6 Å². The predicted molar refractivity (Wildman–Crippen MR) is 111 cm³/mol. The molecule has 3 aromatic rings. The van der Waals surface area contributed by atoms with Crippen LogP contribution in [-0.4, -0.2) is 39.7 Å². The number of methoxy groups -OCH3 is 1. The average Bonchev–Trinajstić information content (AvgIpc) is 3.29. The number of hydrogen-bond donors (Lipinski definition) is 2. The monoisotopic (exact) mass is 486 g/mol. The van der Waals surface area contributed by atoms with E-state index in [0.29, 0.717) is 5.52 Å². The predicted octanol–water partition coefficient (Wildman–Crippen LogP) is 4.67. The van der Waals surface area contributed by atoms with E-state index in [4.69, 9.17) is 26.8 Å². The number of ether oxygens (including phenoxy) is 2. The Morgan fingerprint density at radius 1 is 1.33 bits per heavy atom. The third-order valence-corrected chi connectivity index (χ3v) is 6.53. The van der Waals surface area contributed by atoms with E-state index in [9.17, 15) is 22.4 Å². The van der Waals surface area contributed by atoms with E-state index >= 15 is 0 Å². The van der Waals surface area contributed by atoms with Crippen LogP contribution < -0.4 is 10.5 Å². The van der Waals surface area contributed by atoms with Crippen molar-refractivity contribution in [3.63, 3.8) is 0 Å². The van der Waals surface area contributed by atoms with Gasteiger partial charge in [-0.05, 0) is 19.1 Å². The van der Waals surface area contributed by atoms with Gasteiger partial charge in [-0.15, -0.1) is 0 Å². The minimum Gasteiger partial charge on any atom is -0.493 e. The zero-order valence-electron chi connectivity index (χ0n) is 17.6. The number of H-pyrrole nitrogens is 1. The summed E-state index contributed by atoms with van der Waals surface area (Å²) < 4.78 is 67.8. The number of rotatable bonds is 4. The molecule has 0 spiro atoms. The van der Waals surface area contributed by atoms with E-state index in [1.54, 1.807) is 0 Å². The molecule has 0 saturated carbocycles. The third-order valence-electron chi connectivity index (χ3n) is 6.23. The van der Waals surface area contributed by atoms with Crippen molar-refractivity contribution in [3.8, 4) is 5.75 Å². The standard InChI is InChI=1S/C21H19ClF4N4O3/c1-8-12(9-4-5-10(22)13(23)16(9)32-3)17(33-20(8,2)21(24,25)26)19-29-11-6-7-28-15(18(27)31)14(11)30-19/h4-8,12,17H,1-3H3,(H2,27,31)(H,29,30)/t8-,12-,17+,20+/m0/s1. The van der Waals surface area contributed by atoms with Gasteiger partial charge in [-0.25, -0.2) is 14.4 Å². The van der Waals surface area contributed by atoms with Crippen molar-refractivity contribution in [2.24, 2.45) is 11.7 Å².